The number of amides is 1. The molecule has 1 amide bonds. The topological polar surface area (TPSA) is 65.7 Å². The number of aromatic nitrogens is 2. The van der Waals surface area contributed by atoms with Crippen LogP contribution >= 0.6 is 0 Å². The predicted octanol–water partition coefficient (Wildman–Crippen LogP) is 1.41. The first kappa shape index (κ1) is 15.3. The molecule has 1 aromatic heterocycles. The average molecular weight is 315 g/mol. The largest absolute Gasteiger partial charge is 0.408 e. The summed E-state index contributed by atoms with van der Waals surface area (Å²) in [5, 5.41) is 7.87. The molecule has 0 unspecified atom stereocenters. The number of piperazine rings is 1. The van der Waals surface area contributed by atoms with Crippen molar-refractivity contribution in [1.82, 2.24) is 15.1 Å². The van der Waals surface area contributed by atoms with Gasteiger partial charge in [-0.15, -0.1) is 5.10 Å². The van der Waals surface area contributed by atoms with Gasteiger partial charge in [0.1, 0.15) is 0 Å². The zero-order chi connectivity index (χ0) is 16.4. The molecule has 1 aromatic carbocycles. The molecule has 0 aliphatic carbocycles. The molecule has 1 aliphatic heterocycles. The highest BCUT2D eigenvalue weighted by atomic mass is 16.4. The lowest BCUT2D eigenvalue weighted by Gasteiger charge is -2.33. The molecule has 2 heterocycles. The Kier molecular flexibility index (Phi) is 4.18. The lowest BCUT2D eigenvalue weighted by atomic mass is 10.1. The van der Waals surface area contributed by atoms with Crippen LogP contribution in [0.15, 0.2) is 28.7 Å². The molecule has 0 N–H and O–H groups in total. The first-order valence-electron chi connectivity index (χ1n) is 7.66. The first-order chi connectivity index (χ1) is 11.0. The van der Waals surface area contributed by atoms with Crippen molar-refractivity contribution in [3.8, 4) is 0 Å². The third kappa shape index (κ3) is 3.28. The van der Waals surface area contributed by atoms with Crippen LogP contribution in [0.3, 0.4) is 0 Å². The van der Waals surface area contributed by atoms with Crippen molar-refractivity contribution in [2.45, 2.75) is 6.92 Å². The Morgan fingerprint density at radius 3 is 2.26 bits per heavy atom. The van der Waals surface area contributed by atoms with Crippen molar-refractivity contribution in [1.29, 1.82) is 0 Å². The summed E-state index contributed by atoms with van der Waals surface area (Å²) in [5.74, 6) is 0.621. The van der Waals surface area contributed by atoms with E-state index in [0.717, 1.165) is 11.3 Å². The van der Waals surface area contributed by atoms with Gasteiger partial charge in [-0.2, -0.15) is 0 Å². The Hall–Kier alpha value is -2.57. The molecule has 1 fully saturated rings. The van der Waals surface area contributed by atoms with Gasteiger partial charge in [-0.25, -0.2) is 0 Å². The fraction of sp³-hybridized carbons (Fsp3) is 0.438. The summed E-state index contributed by atoms with van der Waals surface area (Å²) in [6.07, 6.45) is 0. The van der Waals surface area contributed by atoms with Crippen molar-refractivity contribution < 1.29 is 9.21 Å². The Morgan fingerprint density at radius 2 is 1.74 bits per heavy atom. The van der Waals surface area contributed by atoms with Crippen LogP contribution in [0.25, 0.3) is 0 Å². The third-order valence-electron chi connectivity index (χ3n) is 3.98. The predicted molar refractivity (Wildman–Crippen MR) is 87.9 cm³/mol. The number of aryl methyl sites for hydroxylation is 1. The van der Waals surface area contributed by atoms with E-state index in [9.17, 15) is 4.79 Å². The number of carbonyl (C=O) groups is 1. The molecule has 0 bridgehead atoms. The van der Waals surface area contributed by atoms with Crippen molar-refractivity contribution in [2.24, 2.45) is 0 Å². The van der Waals surface area contributed by atoms with Gasteiger partial charge in [-0.3, -0.25) is 4.79 Å². The summed E-state index contributed by atoms with van der Waals surface area (Å²) in [6, 6.07) is 8.22. The SMILES string of the molecule is Cc1nnc(N2CCN(C(=O)c3ccc(N(C)C)cc3)CC2)o1. The molecule has 1 saturated heterocycles. The van der Waals surface area contributed by atoms with E-state index in [4.69, 9.17) is 4.42 Å². The summed E-state index contributed by atoms with van der Waals surface area (Å²) in [5.41, 5.74) is 1.80. The zero-order valence-electron chi connectivity index (χ0n) is 13.7. The molecule has 1 aliphatic rings. The highest BCUT2D eigenvalue weighted by Gasteiger charge is 2.24. The highest BCUT2D eigenvalue weighted by molar-refractivity contribution is 5.94. The minimum atomic E-state index is 0.0664. The molecule has 7 nitrogen and oxygen atoms in total. The summed E-state index contributed by atoms with van der Waals surface area (Å²) in [4.78, 5) is 18.5. The van der Waals surface area contributed by atoms with Crippen molar-refractivity contribution in [3.05, 3.63) is 35.7 Å². The average Bonchev–Trinajstić information content (AvgIpc) is 3.01. The van der Waals surface area contributed by atoms with Crippen molar-refractivity contribution in [2.75, 3.05) is 50.1 Å². The van der Waals surface area contributed by atoms with E-state index < -0.39 is 0 Å². The molecule has 122 valence electrons. The molecule has 3 rings (SSSR count). The van der Waals surface area contributed by atoms with Gasteiger partial charge in [0.2, 0.25) is 5.89 Å². The van der Waals surface area contributed by atoms with E-state index >= 15 is 0 Å². The third-order valence-corrected chi connectivity index (χ3v) is 3.98. The molecule has 0 atom stereocenters. The number of rotatable bonds is 3. The molecule has 23 heavy (non-hydrogen) atoms. The van der Waals surface area contributed by atoms with E-state index in [1.807, 2.05) is 53.1 Å². The smallest absolute Gasteiger partial charge is 0.318 e. The van der Waals surface area contributed by atoms with Gasteiger partial charge in [0.05, 0.1) is 0 Å². The normalized spacial score (nSPS) is 14.9. The van der Waals surface area contributed by atoms with Gasteiger partial charge in [-0.05, 0) is 24.3 Å². The second-order valence-corrected chi connectivity index (χ2v) is 5.82. The zero-order valence-corrected chi connectivity index (χ0v) is 13.7. The second-order valence-electron chi connectivity index (χ2n) is 5.82. The van der Waals surface area contributed by atoms with Crippen LogP contribution in [0, 0.1) is 6.92 Å². The van der Waals surface area contributed by atoms with Gasteiger partial charge in [0, 0.05) is 58.4 Å². The number of hydrogen-bond acceptors (Lipinski definition) is 6. The minimum Gasteiger partial charge on any atom is -0.408 e. The Labute approximate surface area is 135 Å². The minimum absolute atomic E-state index is 0.0664. The Balaban J connectivity index is 1.61. The van der Waals surface area contributed by atoms with E-state index in [0.29, 0.717) is 38.1 Å². The summed E-state index contributed by atoms with van der Waals surface area (Å²) < 4.78 is 5.43. The van der Waals surface area contributed by atoms with Crippen LogP contribution in [0.1, 0.15) is 16.2 Å². The summed E-state index contributed by atoms with van der Waals surface area (Å²) in [7, 11) is 3.96. The molecule has 0 saturated carbocycles. The number of hydrogen-bond donors (Lipinski definition) is 0. The molecule has 7 heteroatoms. The summed E-state index contributed by atoms with van der Waals surface area (Å²) in [6.45, 7) is 4.46. The van der Waals surface area contributed by atoms with Gasteiger partial charge < -0.3 is 19.1 Å². The first-order valence-corrected chi connectivity index (χ1v) is 7.66. The number of benzene rings is 1. The maximum atomic E-state index is 12.6. The van der Waals surface area contributed by atoms with Crippen LogP contribution in [-0.4, -0.2) is 61.3 Å². The fourth-order valence-electron chi connectivity index (χ4n) is 2.60. The van der Waals surface area contributed by atoms with Gasteiger partial charge in [-0.1, -0.05) is 5.10 Å². The second kappa shape index (κ2) is 6.28. The molecular formula is C16H21N5O2. The van der Waals surface area contributed by atoms with Gasteiger partial charge >= 0.3 is 6.01 Å². The maximum absolute atomic E-state index is 12.6. The van der Waals surface area contributed by atoms with Gasteiger partial charge in [0.25, 0.3) is 5.91 Å². The number of anilines is 2. The molecule has 2 aromatic rings. The standard InChI is InChI=1S/C16H21N5O2/c1-12-17-18-16(23-12)21-10-8-20(9-11-21)15(22)13-4-6-14(7-5-13)19(2)3/h4-7H,8-11H2,1-3H3. The monoisotopic (exact) mass is 315 g/mol. The Morgan fingerprint density at radius 1 is 1.09 bits per heavy atom. The van der Waals surface area contributed by atoms with Crippen LogP contribution in [0.4, 0.5) is 11.7 Å². The number of carbonyl (C=O) groups excluding carboxylic acids is 1. The fourth-order valence-corrected chi connectivity index (χ4v) is 2.60. The Bertz CT molecular complexity index is 672. The molecular weight excluding hydrogens is 294 g/mol. The van der Waals surface area contributed by atoms with E-state index in [1.54, 1.807) is 6.92 Å². The maximum Gasteiger partial charge on any atom is 0.318 e. The highest BCUT2D eigenvalue weighted by Crippen LogP contribution is 2.17. The van der Waals surface area contributed by atoms with Crippen molar-refractivity contribution >= 4 is 17.6 Å². The molecule has 0 radical (unpaired) electrons. The van der Waals surface area contributed by atoms with Gasteiger partial charge in [0.15, 0.2) is 0 Å². The van der Waals surface area contributed by atoms with E-state index in [2.05, 4.69) is 10.2 Å². The van der Waals surface area contributed by atoms with Crippen LogP contribution in [-0.2, 0) is 0 Å². The summed E-state index contributed by atoms with van der Waals surface area (Å²) >= 11 is 0. The van der Waals surface area contributed by atoms with Crippen LogP contribution < -0.4 is 9.80 Å². The lowest BCUT2D eigenvalue weighted by molar-refractivity contribution is 0.0745. The molecule has 0 spiro atoms. The number of nitrogens with zero attached hydrogens (tertiary/aromatic N) is 5. The quantitative estimate of drug-likeness (QED) is 0.853. The lowest BCUT2D eigenvalue weighted by Crippen LogP contribution is -2.48. The van der Waals surface area contributed by atoms with E-state index in [-0.39, 0.29) is 5.91 Å². The van der Waals surface area contributed by atoms with Crippen LogP contribution in [0.2, 0.25) is 0 Å². The van der Waals surface area contributed by atoms with E-state index in [1.165, 1.54) is 0 Å². The van der Waals surface area contributed by atoms with Crippen molar-refractivity contribution in [3.63, 3.8) is 0 Å². The van der Waals surface area contributed by atoms with Crippen LogP contribution in [0.5, 0.6) is 0 Å².